The number of nitrogen functional groups attached to an aromatic ring is 1. The number of hydrogen-bond acceptors (Lipinski definition) is 5. The monoisotopic (exact) mass is 326 g/mol. The Morgan fingerprint density at radius 3 is 2.75 bits per heavy atom. The third-order valence-corrected chi connectivity index (χ3v) is 4.20. The maximum absolute atomic E-state index is 12.3. The van der Waals surface area contributed by atoms with Gasteiger partial charge in [-0.2, -0.15) is 0 Å². The number of rotatable bonds is 2. The Labute approximate surface area is 137 Å². The van der Waals surface area contributed by atoms with Crippen molar-refractivity contribution in [3.63, 3.8) is 0 Å². The Kier molecular flexibility index (Phi) is 3.63. The molecule has 0 fully saturated rings. The number of aliphatic hydroxyl groups excluding tert-OH is 1. The third-order valence-electron chi connectivity index (χ3n) is 4.20. The van der Waals surface area contributed by atoms with Crippen LogP contribution in [0.25, 0.3) is 16.6 Å². The highest BCUT2D eigenvalue weighted by molar-refractivity contribution is 6.08. The second-order valence-corrected chi connectivity index (χ2v) is 5.84. The Bertz CT molecular complexity index is 999. The molecule has 1 heterocycles. The van der Waals surface area contributed by atoms with Gasteiger partial charge in [-0.1, -0.05) is 6.08 Å². The molecule has 0 atom stereocenters. The van der Waals surface area contributed by atoms with Crippen molar-refractivity contribution in [3.8, 4) is 0 Å². The smallest absolute Gasteiger partial charge is 0.272 e. The summed E-state index contributed by atoms with van der Waals surface area (Å²) >= 11 is 0. The van der Waals surface area contributed by atoms with Gasteiger partial charge >= 0.3 is 0 Å². The molecule has 1 aromatic carbocycles. The molecule has 7 heteroatoms. The van der Waals surface area contributed by atoms with Crippen LogP contribution in [0.1, 0.15) is 34.5 Å². The van der Waals surface area contributed by atoms with Crippen LogP contribution in [-0.4, -0.2) is 20.6 Å². The van der Waals surface area contributed by atoms with E-state index in [1.54, 1.807) is 20.0 Å². The van der Waals surface area contributed by atoms with Crippen molar-refractivity contribution in [2.24, 2.45) is 12.8 Å². The van der Waals surface area contributed by atoms with E-state index >= 15 is 0 Å². The number of nitrogens with zero attached hydrogens (tertiary/aromatic N) is 2. The standard InChI is InChI=1S/C17H18N4O3/c1-8-17(24)21(2)15-12(20-8)7-11(16(19)23)14(18)13(15)9-4-3-5-10(22)6-9/h4,6-7,22H,3,5,18H2,1-2H3,(H2,19,23). The Morgan fingerprint density at radius 1 is 1.42 bits per heavy atom. The highest BCUT2D eigenvalue weighted by Crippen LogP contribution is 2.35. The lowest BCUT2D eigenvalue weighted by Crippen LogP contribution is -2.23. The van der Waals surface area contributed by atoms with Crippen LogP contribution in [0.3, 0.4) is 0 Å². The number of benzene rings is 1. The molecule has 24 heavy (non-hydrogen) atoms. The molecule has 0 aliphatic heterocycles. The van der Waals surface area contributed by atoms with Gasteiger partial charge in [-0.25, -0.2) is 4.98 Å². The Morgan fingerprint density at radius 2 is 2.12 bits per heavy atom. The minimum Gasteiger partial charge on any atom is -0.512 e. The van der Waals surface area contributed by atoms with Gasteiger partial charge in [-0.3, -0.25) is 9.59 Å². The number of fused-ring (bicyclic) bond motifs is 1. The molecule has 7 nitrogen and oxygen atoms in total. The van der Waals surface area contributed by atoms with E-state index in [2.05, 4.69) is 4.98 Å². The lowest BCUT2D eigenvalue weighted by molar-refractivity contribution is 0.100. The van der Waals surface area contributed by atoms with Gasteiger partial charge in [0.1, 0.15) is 5.69 Å². The van der Waals surface area contributed by atoms with Gasteiger partial charge < -0.3 is 21.1 Å². The van der Waals surface area contributed by atoms with Gasteiger partial charge in [0.25, 0.3) is 11.5 Å². The second kappa shape index (κ2) is 5.52. The fraction of sp³-hybridized carbons (Fsp3) is 0.235. The average Bonchev–Trinajstić information content (AvgIpc) is 2.52. The molecule has 124 valence electrons. The first-order valence-corrected chi connectivity index (χ1v) is 7.51. The van der Waals surface area contributed by atoms with Crippen LogP contribution in [0.5, 0.6) is 0 Å². The van der Waals surface area contributed by atoms with E-state index in [0.717, 1.165) is 0 Å². The fourth-order valence-electron chi connectivity index (χ4n) is 3.03. The molecule has 0 radical (unpaired) electrons. The minimum absolute atomic E-state index is 0.141. The van der Waals surface area contributed by atoms with Crippen LogP contribution < -0.4 is 17.0 Å². The van der Waals surface area contributed by atoms with Crippen molar-refractivity contribution >= 4 is 28.2 Å². The molecule has 1 aliphatic rings. The van der Waals surface area contributed by atoms with Crippen molar-refractivity contribution in [2.75, 3.05) is 5.73 Å². The van der Waals surface area contributed by atoms with E-state index in [9.17, 15) is 14.7 Å². The zero-order chi connectivity index (χ0) is 17.6. The molecule has 5 N–H and O–H groups in total. The predicted molar refractivity (Wildman–Crippen MR) is 92.6 cm³/mol. The molecule has 2 aromatic rings. The molecule has 0 bridgehead atoms. The molecule has 1 aliphatic carbocycles. The molecule has 0 saturated carbocycles. The number of nitrogens with two attached hydrogens (primary N) is 2. The summed E-state index contributed by atoms with van der Waals surface area (Å²) in [7, 11) is 1.62. The van der Waals surface area contributed by atoms with E-state index in [4.69, 9.17) is 11.5 Å². The Balaban J connectivity index is 2.51. The van der Waals surface area contributed by atoms with Gasteiger partial charge in [0, 0.05) is 19.0 Å². The molecular weight excluding hydrogens is 308 g/mol. The first-order chi connectivity index (χ1) is 11.3. The molecule has 0 spiro atoms. The summed E-state index contributed by atoms with van der Waals surface area (Å²) in [5.74, 6) is -0.455. The summed E-state index contributed by atoms with van der Waals surface area (Å²) in [4.78, 5) is 28.3. The van der Waals surface area contributed by atoms with Crippen molar-refractivity contribution in [3.05, 3.63) is 51.2 Å². The zero-order valence-electron chi connectivity index (χ0n) is 13.5. The van der Waals surface area contributed by atoms with E-state index in [-0.39, 0.29) is 22.6 Å². The highest BCUT2D eigenvalue weighted by atomic mass is 16.3. The van der Waals surface area contributed by atoms with E-state index in [0.29, 0.717) is 40.7 Å². The van der Waals surface area contributed by atoms with Crippen molar-refractivity contribution in [1.29, 1.82) is 0 Å². The molecule has 1 amide bonds. The summed E-state index contributed by atoms with van der Waals surface area (Å²) in [5.41, 5.74) is 14.1. The molecule has 0 unspecified atom stereocenters. The van der Waals surface area contributed by atoms with Gasteiger partial charge in [0.05, 0.1) is 28.0 Å². The van der Waals surface area contributed by atoms with Gasteiger partial charge in [-0.05, 0) is 31.1 Å². The average molecular weight is 326 g/mol. The van der Waals surface area contributed by atoms with Gasteiger partial charge in [0.15, 0.2) is 0 Å². The van der Waals surface area contributed by atoms with Crippen molar-refractivity contribution < 1.29 is 9.90 Å². The zero-order valence-corrected chi connectivity index (χ0v) is 13.5. The lowest BCUT2D eigenvalue weighted by Gasteiger charge is -2.18. The molecule has 0 saturated heterocycles. The lowest BCUT2D eigenvalue weighted by atomic mass is 9.93. The molecule has 3 rings (SSSR count). The summed E-state index contributed by atoms with van der Waals surface area (Å²) in [6, 6.07) is 1.50. The molecular formula is C17H18N4O3. The minimum atomic E-state index is -0.673. The quantitative estimate of drug-likeness (QED) is 0.722. The highest BCUT2D eigenvalue weighted by Gasteiger charge is 2.21. The summed E-state index contributed by atoms with van der Waals surface area (Å²) in [5, 5.41) is 9.85. The van der Waals surface area contributed by atoms with E-state index < -0.39 is 5.91 Å². The molecule has 1 aromatic heterocycles. The van der Waals surface area contributed by atoms with Crippen LogP contribution in [0.2, 0.25) is 0 Å². The Hall–Kier alpha value is -3.09. The van der Waals surface area contributed by atoms with Crippen LogP contribution >= 0.6 is 0 Å². The first kappa shape index (κ1) is 15.8. The normalized spacial score (nSPS) is 14.4. The number of allylic oxidation sites excluding steroid dienone is 4. The summed E-state index contributed by atoms with van der Waals surface area (Å²) < 4.78 is 1.45. The van der Waals surface area contributed by atoms with E-state index in [1.165, 1.54) is 10.6 Å². The SMILES string of the molecule is Cc1nc2cc(C(N)=O)c(N)c(C3=CCCC(O)=C3)c2n(C)c1=O. The number of aliphatic hydroxyl groups is 1. The fourth-order valence-corrected chi connectivity index (χ4v) is 3.03. The van der Waals surface area contributed by atoms with Crippen LogP contribution in [0.15, 0.2) is 28.8 Å². The van der Waals surface area contributed by atoms with Gasteiger partial charge in [-0.15, -0.1) is 0 Å². The number of carbonyl (C=O) groups is 1. The number of amides is 1. The number of primary amides is 1. The number of aryl methyl sites for hydroxylation is 2. The maximum atomic E-state index is 12.3. The largest absolute Gasteiger partial charge is 0.512 e. The predicted octanol–water partition coefficient (Wildman–Crippen LogP) is 1.54. The first-order valence-electron chi connectivity index (χ1n) is 7.51. The number of aromatic nitrogens is 2. The van der Waals surface area contributed by atoms with Crippen LogP contribution in [0.4, 0.5) is 5.69 Å². The maximum Gasteiger partial charge on any atom is 0.272 e. The van der Waals surface area contributed by atoms with Gasteiger partial charge in [0.2, 0.25) is 0 Å². The number of hydrogen-bond donors (Lipinski definition) is 3. The van der Waals surface area contributed by atoms with Crippen molar-refractivity contribution in [2.45, 2.75) is 19.8 Å². The van der Waals surface area contributed by atoms with E-state index in [1.807, 2.05) is 6.08 Å². The number of anilines is 1. The topological polar surface area (TPSA) is 124 Å². The summed E-state index contributed by atoms with van der Waals surface area (Å²) in [6.07, 6.45) is 4.66. The van der Waals surface area contributed by atoms with Crippen LogP contribution in [-0.2, 0) is 7.05 Å². The second-order valence-electron chi connectivity index (χ2n) is 5.84. The number of carbonyl (C=O) groups excluding carboxylic acids is 1. The summed E-state index contributed by atoms with van der Waals surface area (Å²) in [6.45, 7) is 1.60. The third kappa shape index (κ3) is 2.34. The van der Waals surface area contributed by atoms with Crippen LogP contribution in [0, 0.1) is 6.92 Å². The van der Waals surface area contributed by atoms with Crippen molar-refractivity contribution in [1.82, 2.24) is 9.55 Å².